The van der Waals surface area contributed by atoms with Gasteiger partial charge >= 0.3 is 5.69 Å². The Morgan fingerprint density at radius 3 is 2.32 bits per heavy atom. The van der Waals surface area contributed by atoms with E-state index < -0.39 is 4.92 Å². The van der Waals surface area contributed by atoms with Gasteiger partial charge in [0.1, 0.15) is 5.75 Å². The van der Waals surface area contributed by atoms with Crippen molar-refractivity contribution in [3.63, 3.8) is 0 Å². The first-order chi connectivity index (χ1) is 15.0. The number of methoxy groups -OCH3 is 2. The number of halogens is 2. The minimum atomic E-state index is -0.409. The van der Waals surface area contributed by atoms with Crippen molar-refractivity contribution in [2.24, 2.45) is 0 Å². The Morgan fingerprint density at radius 1 is 1.03 bits per heavy atom. The number of aromatic nitrogens is 1. The molecule has 1 aromatic heterocycles. The van der Waals surface area contributed by atoms with Gasteiger partial charge in [-0.3, -0.25) is 10.1 Å². The minimum absolute atomic E-state index is 0.00711. The summed E-state index contributed by atoms with van der Waals surface area (Å²) in [6.07, 6.45) is 7.94. The normalized spacial score (nSPS) is 13.4. The molecular weight excluding hydrogens is 530 g/mol. The fourth-order valence-corrected chi connectivity index (χ4v) is 4.32. The Kier molecular flexibility index (Phi) is 7.97. The Bertz CT molecular complexity index is 1090. The molecule has 1 aliphatic heterocycles. The Balaban J connectivity index is 0.000000194. The Labute approximate surface area is 197 Å². The first-order valence-corrected chi connectivity index (χ1v) is 11.3. The van der Waals surface area contributed by atoms with E-state index in [1.165, 1.54) is 20.0 Å². The van der Waals surface area contributed by atoms with Crippen LogP contribution in [-0.4, -0.2) is 42.1 Å². The minimum Gasteiger partial charge on any atom is -0.495 e. The second-order valence-electron chi connectivity index (χ2n) is 6.84. The summed E-state index contributed by atoms with van der Waals surface area (Å²) in [6.45, 7) is 2.01. The largest absolute Gasteiger partial charge is 0.495 e. The number of hydrogen-bond donors (Lipinski definition) is 1. The summed E-state index contributed by atoms with van der Waals surface area (Å²) in [5.74, 6) is 1.15. The van der Waals surface area contributed by atoms with Gasteiger partial charge in [0.15, 0.2) is 5.75 Å². The number of nitrogens with zero attached hydrogens (tertiary/aromatic N) is 2. The molecule has 31 heavy (non-hydrogen) atoms. The first kappa shape index (κ1) is 23.1. The smallest absolute Gasteiger partial charge is 0.319 e. The van der Waals surface area contributed by atoms with Crippen LogP contribution in [0.1, 0.15) is 18.4 Å². The van der Waals surface area contributed by atoms with Crippen LogP contribution in [0.15, 0.2) is 51.7 Å². The van der Waals surface area contributed by atoms with E-state index in [0.717, 1.165) is 34.2 Å². The van der Waals surface area contributed by atoms with Crippen LogP contribution in [0.5, 0.6) is 11.5 Å². The number of benzene rings is 2. The van der Waals surface area contributed by atoms with E-state index in [4.69, 9.17) is 9.47 Å². The van der Waals surface area contributed by atoms with Crippen molar-refractivity contribution in [2.45, 2.75) is 12.8 Å². The summed E-state index contributed by atoms with van der Waals surface area (Å²) in [5, 5.41) is 12.4. The number of nitro groups is 1. The summed E-state index contributed by atoms with van der Waals surface area (Å²) in [6, 6.07) is 9.28. The lowest BCUT2D eigenvalue weighted by Gasteiger charge is -2.11. The molecule has 0 radical (unpaired) electrons. The van der Waals surface area contributed by atoms with Crippen molar-refractivity contribution in [2.75, 3.05) is 27.3 Å². The van der Waals surface area contributed by atoms with Gasteiger partial charge in [-0.1, -0.05) is 15.9 Å². The van der Waals surface area contributed by atoms with Gasteiger partial charge < -0.3 is 19.4 Å². The Hall–Kier alpha value is -2.52. The number of fused-ring (bicyclic) bond motifs is 1. The van der Waals surface area contributed by atoms with Crippen LogP contribution < -0.4 is 9.47 Å². The molecule has 0 saturated carbocycles. The molecule has 7 nitrogen and oxygen atoms in total. The zero-order valence-corrected chi connectivity index (χ0v) is 20.4. The zero-order chi connectivity index (χ0) is 22.4. The number of likely N-dealkylation sites (tertiary alicyclic amines) is 1. The molecule has 1 saturated heterocycles. The third-order valence-corrected chi connectivity index (χ3v) is 6.36. The van der Waals surface area contributed by atoms with Gasteiger partial charge in [0.05, 0.1) is 30.2 Å². The lowest BCUT2D eigenvalue weighted by molar-refractivity contribution is -0.386. The van der Waals surface area contributed by atoms with Crippen molar-refractivity contribution in [1.82, 2.24) is 9.88 Å². The van der Waals surface area contributed by atoms with Crippen LogP contribution in [0.25, 0.3) is 17.0 Å². The topological polar surface area (TPSA) is 80.6 Å². The number of aromatic amines is 1. The van der Waals surface area contributed by atoms with Crippen LogP contribution in [0.4, 0.5) is 5.69 Å². The molecule has 1 aliphatic rings. The number of ether oxygens (including phenoxy) is 2. The number of nitro benzene ring substituents is 1. The van der Waals surface area contributed by atoms with E-state index in [-0.39, 0.29) is 11.4 Å². The maximum absolute atomic E-state index is 11.2. The molecule has 0 amide bonds. The fraction of sp³-hybridized carbons (Fsp3) is 0.273. The molecule has 0 atom stereocenters. The molecule has 0 spiro atoms. The summed E-state index contributed by atoms with van der Waals surface area (Å²) >= 11 is 6.82. The molecule has 0 unspecified atom stereocenters. The molecular formula is C22H23Br2N3O4. The second-order valence-corrected chi connectivity index (χ2v) is 8.55. The van der Waals surface area contributed by atoms with Crippen LogP contribution in [0.2, 0.25) is 0 Å². The van der Waals surface area contributed by atoms with Crippen molar-refractivity contribution in [3.8, 4) is 11.5 Å². The van der Waals surface area contributed by atoms with Gasteiger partial charge in [-0.25, -0.2) is 0 Å². The van der Waals surface area contributed by atoms with E-state index in [0.29, 0.717) is 10.0 Å². The molecule has 164 valence electrons. The molecule has 2 aromatic carbocycles. The standard InChI is InChI=1S/C13H15BrN2O3.C9H8BrNO/c1-19-12-5-4-11(14)10(13(12)16(17)18)6-9-15-7-2-3-8-15;1-12-8-3-2-7(10)6-4-5-11-9(6)8/h4-6,9H,2-3,7-8H2,1H3;2-5,11H,1H3/b9-6+;. The van der Waals surface area contributed by atoms with Crippen LogP contribution in [0, 0.1) is 10.1 Å². The highest BCUT2D eigenvalue weighted by atomic mass is 79.9. The zero-order valence-electron chi connectivity index (χ0n) is 17.2. The summed E-state index contributed by atoms with van der Waals surface area (Å²) < 4.78 is 12.0. The summed E-state index contributed by atoms with van der Waals surface area (Å²) in [4.78, 5) is 16.1. The van der Waals surface area contributed by atoms with Crippen LogP contribution in [0.3, 0.4) is 0 Å². The van der Waals surface area contributed by atoms with E-state index in [1.54, 1.807) is 25.3 Å². The van der Waals surface area contributed by atoms with Crippen molar-refractivity contribution >= 4 is 54.5 Å². The van der Waals surface area contributed by atoms with Gasteiger partial charge in [0.25, 0.3) is 0 Å². The molecule has 2 heterocycles. The highest BCUT2D eigenvalue weighted by molar-refractivity contribution is 9.11. The predicted molar refractivity (Wildman–Crippen MR) is 130 cm³/mol. The molecule has 4 rings (SSSR count). The van der Waals surface area contributed by atoms with Gasteiger partial charge in [-0.05, 0) is 71.4 Å². The monoisotopic (exact) mass is 551 g/mol. The second kappa shape index (κ2) is 10.7. The number of nitrogens with one attached hydrogen (secondary N) is 1. The number of hydrogen-bond acceptors (Lipinski definition) is 5. The molecule has 3 aromatic rings. The molecule has 1 fully saturated rings. The van der Waals surface area contributed by atoms with E-state index in [9.17, 15) is 10.1 Å². The van der Waals surface area contributed by atoms with Gasteiger partial charge in [0, 0.05) is 33.6 Å². The van der Waals surface area contributed by atoms with Gasteiger partial charge in [0.2, 0.25) is 0 Å². The van der Waals surface area contributed by atoms with Crippen LogP contribution >= 0.6 is 31.9 Å². The third kappa shape index (κ3) is 5.40. The highest BCUT2D eigenvalue weighted by Gasteiger charge is 2.22. The van der Waals surface area contributed by atoms with Crippen LogP contribution in [-0.2, 0) is 0 Å². The Morgan fingerprint density at radius 2 is 1.68 bits per heavy atom. The molecule has 1 N–H and O–H groups in total. The number of rotatable bonds is 5. The summed E-state index contributed by atoms with van der Waals surface area (Å²) in [5.41, 5.74) is 1.57. The van der Waals surface area contributed by atoms with E-state index in [2.05, 4.69) is 41.7 Å². The lowest BCUT2D eigenvalue weighted by atomic mass is 10.1. The van der Waals surface area contributed by atoms with E-state index in [1.807, 2.05) is 30.6 Å². The first-order valence-electron chi connectivity index (χ1n) is 9.69. The number of H-pyrrole nitrogens is 1. The SMILES string of the molecule is COc1ccc(Br)c(/C=C/N2CCCC2)c1[N+](=O)[O-].COc1ccc(Br)c2cc[nH]c12. The predicted octanol–water partition coefficient (Wildman–Crippen LogP) is 6.37. The maximum atomic E-state index is 11.2. The maximum Gasteiger partial charge on any atom is 0.319 e. The third-order valence-electron chi connectivity index (χ3n) is 4.97. The summed E-state index contributed by atoms with van der Waals surface area (Å²) in [7, 11) is 3.10. The molecule has 9 heteroatoms. The lowest BCUT2D eigenvalue weighted by Crippen LogP contribution is -2.10. The average molecular weight is 553 g/mol. The fourth-order valence-electron chi connectivity index (χ4n) is 3.41. The van der Waals surface area contributed by atoms with E-state index >= 15 is 0 Å². The quantitative estimate of drug-likeness (QED) is 0.294. The molecule has 0 aliphatic carbocycles. The van der Waals surface area contributed by atoms with Crippen molar-refractivity contribution < 1.29 is 14.4 Å². The van der Waals surface area contributed by atoms with Gasteiger partial charge in [-0.15, -0.1) is 0 Å². The van der Waals surface area contributed by atoms with Crippen molar-refractivity contribution in [3.05, 3.63) is 67.4 Å². The highest BCUT2D eigenvalue weighted by Crippen LogP contribution is 2.36. The average Bonchev–Trinajstić information content (AvgIpc) is 3.46. The molecule has 0 bridgehead atoms. The van der Waals surface area contributed by atoms with Gasteiger partial charge in [-0.2, -0.15) is 0 Å². The van der Waals surface area contributed by atoms with Crippen molar-refractivity contribution in [1.29, 1.82) is 0 Å².